The summed E-state index contributed by atoms with van der Waals surface area (Å²) in [6.45, 7) is 1.55. The van der Waals surface area contributed by atoms with E-state index in [4.69, 9.17) is 11.2 Å². The molecule has 2 aliphatic heterocycles. The van der Waals surface area contributed by atoms with Gasteiger partial charge in [0.1, 0.15) is 5.75 Å². The molecule has 100 valence electrons. The van der Waals surface area contributed by atoms with Gasteiger partial charge in [-0.1, -0.05) is 0 Å². The fourth-order valence-corrected chi connectivity index (χ4v) is 4.11. The quantitative estimate of drug-likeness (QED) is 0.765. The maximum Gasteiger partial charge on any atom is 0.243 e. The van der Waals surface area contributed by atoms with E-state index < -0.39 is 10.0 Å². The van der Waals surface area contributed by atoms with Crippen LogP contribution >= 0.6 is 0 Å². The number of rotatable bonds is 2. The standard InChI is InChI=1S/C14H15NO3S/c1-2-11-5-7-15(10-11)19(16,17)13-3-4-14-12(9-13)6-8-18-14/h1,3-4,9,11H,5-8,10H2. The van der Waals surface area contributed by atoms with Gasteiger partial charge in [-0.25, -0.2) is 8.42 Å². The summed E-state index contributed by atoms with van der Waals surface area (Å²) in [7, 11) is -3.42. The molecular weight excluding hydrogens is 262 g/mol. The van der Waals surface area contributed by atoms with Gasteiger partial charge in [0, 0.05) is 25.4 Å². The Kier molecular flexibility index (Phi) is 3.00. The largest absolute Gasteiger partial charge is 0.493 e. The highest BCUT2D eigenvalue weighted by atomic mass is 32.2. The van der Waals surface area contributed by atoms with Crippen molar-refractivity contribution in [3.63, 3.8) is 0 Å². The van der Waals surface area contributed by atoms with Gasteiger partial charge in [0.25, 0.3) is 0 Å². The first-order valence-electron chi connectivity index (χ1n) is 6.33. The summed E-state index contributed by atoms with van der Waals surface area (Å²) in [5.74, 6) is 3.46. The number of ether oxygens (including phenoxy) is 1. The Hall–Kier alpha value is -1.51. The molecule has 0 bridgehead atoms. The predicted octanol–water partition coefficient (Wildman–Crippen LogP) is 1.27. The molecular formula is C14H15NO3S. The van der Waals surface area contributed by atoms with Gasteiger partial charge in [-0.15, -0.1) is 12.3 Å². The SMILES string of the molecule is C#CC1CCN(S(=O)(=O)c2ccc3c(c2)CCO3)C1. The molecule has 0 amide bonds. The Labute approximate surface area is 113 Å². The van der Waals surface area contributed by atoms with E-state index in [1.807, 2.05) is 0 Å². The van der Waals surface area contributed by atoms with Gasteiger partial charge in [0.2, 0.25) is 10.0 Å². The molecule has 0 spiro atoms. The van der Waals surface area contributed by atoms with E-state index in [0.29, 0.717) is 24.6 Å². The Morgan fingerprint density at radius 3 is 3.00 bits per heavy atom. The molecule has 2 heterocycles. The summed E-state index contributed by atoms with van der Waals surface area (Å²) in [6, 6.07) is 5.08. The zero-order chi connectivity index (χ0) is 13.5. The van der Waals surface area contributed by atoms with Crippen LogP contribution in [-0.2, 0) is 16.4 Å². The first-order chi connectivity index (χ1) is 9.11. The first-order valence-corrected chi connectivity index (χ1v) is 7.77. The molecule has 4 nitrogen and oxygen atoms in total. The van der Waals surface area contributed by atoms with Crippen molar-refractivity contribution < 1.29 is 13.2 Å². The van der Waals surface area contributed by atoms with Gasteiger partial charge in [-0.3, -0.25) is 0 Å². The molecule has 1 unspecified atom stereocenters. The zero-order valence-electron chi connectivity index (χ0n) is 10.5. The number of fused-ring (bicyclic) bond motifs is 1. The molecule has 1 saturated heterocycles. The van der Waals surface area contributed by atoms with E-state index in [-0.39, 0.29) is 5.92 Å². The molecule has 1 fully saturated rings. The van der Waals surface area contributed by atoms with Crippen molar-refractivity contribution in [2.45, 2.75) is 17.7 Å². The summed E-state index contributed by atoms with van der Waals surface area (Å²) in [4.78, 5) is 0.342. The fraction of sp³-hybridized carbons (Fsp3) is 0.429. The molecule has 1 atom stereocenters. The van der Waals surface area contributed by atoms with Gasteiger partial charge >= 0.3 is 0 Å². The van der Waals surface area contributed by atoms with E-state index in [1.165, 1.54) is 4.31 Å². The summed E-state index contributed by atoms with van der Waals surface area (Å²) >= 11 is 0. The lowest BCUT2D eigenvalue weighted by molar-refractivity contribution is 0.356. The van der Waals surface area contributed by atoms with Crippen LogP contribution in [0.1, 0.15) is 12.0 Å². The maximum atomic E-state index is 12.5. The molecule has 19 heavy (non-hydrogen) atoms. The van der Waals surface area contributed by atoms with E-state index >= 15 is 0 Å². The number of benzene rings is 1. The third-order valence-corrected chi connectivity index (χ3v) is 5.55. The topological polar surface area (TPSA) is 46.6 Å². The third-order valence-electron chi connectivity index (χ3n) is 3.69. The predicted molar refractivity (Wildman–Crippen MR) is 71.3 cm³/mol. The fourth-order valence-electron chi connectivity index (χ4n) is 2.56. The number of nitrogens with zero attached hydrogens (tertiary/aromatic N) is 1. The smallest absolute Gasteiger partial charge is 0.243 e. The highest BCUT2D eigenvalue weighted by molar-refractivity contribution is 7.89. The monoisotopic (exact) mass is 277 g/mol. The average Bonchev–Trinajstić information content (AvgIpc) is 3.06. The Balaban J connectivity index is 1.91. The van der Waals surface area contributed by atoms with Crippen molar-refractivity contribution in [3.8, 4) is 18.1 Å². The second-order valence-electron chi connectivity index (χ2n) is 4.88. The van der Waals surface area contributed by atoms with Crippen LogP contribution in [0.2, 0.25) is 0 Å². The van der Waals surface area contributed by atoms with Crippen LogP contribution in [0.25, 0.3) is 0 Å². The normalized spacial score (nSPS) is 22.8. The molecule has 2 aliphatic rings. The lowest BCUT2D eigenvalue weighted by Gasteiger charge is -2.16. The second-order valence-corrected chi connectivity index (χ2v) is 6.82. The molecule has 0 aliphatic carbocycles. The molecule has 5 heteroatoms. The van der Waals surface area contributed by atoms with E-state index in [1.54, 1.807) is 18.2 Å². The lowest BCUT2D eigenvalue weighted by Crippen LogP contribution is -2.28. The number of terminal acetylenes is 1. The van der Waals surface area contributed by atoms with Crippen molar-refractivity contribution in [1.82, 2.24) is 4.31 Å². The lowest BCUT2D eigenvalue weighted by atomic mass is 10.1. The van der Waals surface area contributed by atoms with Crippen LogP contribution in [0.15, 0.2) is 23.1 Å². The van der Waals surface area contributed by atoms with Crippen molar-refractivity contribution >= 4 is 10.0 Å². The molecule has 1 aromatic carbocycles. The summed E-state index contributed by atoms with van der Waals surface area (Å²) in [5, 5.41) is 0. The summed E-state index contributed by atoms with van der Waals surface area (Å²) in [5.41, 5.74) is 0.966. The number of hydrogen-bond acceptors (Lipinski definition) is 3. The van der Waals surface area contributed by atoms with Crippen molar-refractivity contribution in [2.24, 2.45) is 5.92 Å². The van der Waals surface area contributed by atoms with Gasteiger partial charge in [0.05, 0.1) is 11.5 Å². The van der Waals surface area contributed by atoms with Gasteiger partial charge in [-0.05, 0) is 30.2 Å². The molecule has 0 aromatic heterocycles. The first kappa shape index (κ1) is 12.5. The minimum Gasteiger partial charge on any atom is -0.493 e. The number of sulfonamides is 1. The minimum absolute atomic E-state index is 0.0348. The molecule has 0 radical (unpaired) electrons. The van der Waals surface area contributed by atoms with Crippen LogP contribution < -0.4 is 4.74 Å². The van der Waals surface area contributed by atoms with Crippen LogP contribution in [0.5, 0.6) is 5.75 Å². The van der Waals surface area contributed by atoms with Gasteiger partial charge in [-0.2, -0.15) is 4.31 Å². The van der Waals surface area contributed by atoms with Gasteiger partial charge < -0.3 is 4.74 Å². The third kappa shape index (κ3) is 2.11. The molecule has 3 rings (SSSR count). The van der Waals surface area contributed by atoms with Crippen molar-refractivity contribution in [1.29, 1.82) is 0 Å². The van der Waals surface area contributed by atoms with Gasteiger partial charge in [0.15, 0.2) is 0 Å². The van der Waals surface area contributed by atoms with Crippen LogP contribution in [0.3, 0.4) is 0 Å². The summed E-state index contributed by atoms with van der Waals surface area (Å²) < 4.78 is 31.9. The average molecular weight is 277 g/mol. The van der Waals surface area contributed by atoms with Crippen molar-refractivity contribution in [3.05, 3.63) is 23.8 Å². The molecule has 1 aromatic rings. The van der Waals surface area contributed by atoms with E-state index in [2.05, 4.69) is 5.92 Å². The minimum atomic E-state index is -3.42. The highest BCUT2D eigenvalue weighted by Crippen LogP contribution is 2.30. The maximum absolute atomic E-state index is 12.5. The Bertz CT molecular complexity index is 645. The Morgan fingerprint density at radius 2 is 2.26 bits per heavy atom. The summed E-state index contributed by atoms with van der Waals surface area (Å²) in [6.07, 6.45) is 6.87. The van der Waals surface area contributed by atoms with Crippen LogP contribution in [-0.4, -0.2) is 32.4 Å². The molecule has 0 saturated carbocycles. The van der Waals surface area contributed by atoms with Crippen LogP contribution in [0, 0.1) is 18.3 Å². The van der Waals surface area contributed by atoms with E-state index in [0.717, 1.165) is 24.2 Å². The van der Waals surface area contributed by atoms with Crippen molar-refractivity contribution in [2.75, 3.05) is 19.7 Å². The molecule has 0 N–H and O–H groups in total. The number of hydrogen-bond donors (Lipinski definition) is 0. The Morgan fingerprint density at radius 1 is 1.42 bits per heavy atom. The van der Waals surface area contributed by atoms with E-state index in [9.17, 15) is 8.42 Å². The zero-order valence-corrected chi connectivity index (χ0v) is 11.3. The highest BCUT2D eigenvalue weighted by Gasteiger charge is 2.32. The van der Waals surface area contributed by atoms with Crippen LogP contribution in [0.4, 0.5) is 0 Å². The second kappa shape index (κ2) is 4.55.